The van der Waals surface area contributed by atoms with Crippen molar-refractivity contribution in [3.8, 4) is 0 Å². The lowest BCUT2D eigenvalue weighted by Crippen LogP contribution is -2.42. The smallest absolute Gasteiger partial charge is 0.395 e. The van der Waals surface area contributed by atoms with E-state index in [-0.39, 0.29) is 4.90 Å². The maximum Gasteiger partial charge on any atom is 0.419 e. The third-order valence-corrected chi connectivity index (χ3v) is 6.12. The van der Waals surface area contributed by atoms with E-state index >= 15 is 0 Å². The monoisotopic (exact) mass is 437 g/mol. The topological polar surface area (TPSA) is 83.5 Å². The number of nitrogens with one attached hydrogen (secondary N) is 1. The molecule has 0 aliphatic heterocycles. The molecule has 0 saturated heterocycles. The molecule has 158 valence electrons. The van der Waals surface area contributed by atoms with E-state index in [1.807, 2.05) is 0 Å². The summed E-state index contributed by atoms with van der Waals surface area (Å²) in [4.78, 5) is 12.2. The van der Waals surface area contributed by atoms with E-state index in [0.717, 1.165) is 37.3 Å². The van der Waals surface area contributed by atoms with Crippen molar-refractivity contribution in [3.63, 3.8) is 0 Å². The fourth-order valence-electron chi connectivity index (χ4n) is 2.43. The zero-order valence-electron chi connectivity index (χ0n) is 14.9. The summed E-state index contributed by atoms with van der Waals surface area (Å²) in [5, 5.41) is 11.7. The number of halogens is 5. The van der Waals surface area contributed by atoms with E-state index in [1.54, 1.807) is 0 Å². The minimum atomic E-state index is -5.00. The molecule has 0 fully saturated rings. The molecular formula is C18H16F5NO4S. The SMILES string of the molecule is C[C@](CO)(CS(=O)(=O)c1ccc(F)cc1)C(=O)Nc1ccc(F)c(C(F)(F)F)c1. The van der Waals surface area contributed by atoms with Crippen LogP contribution in [0.15, 0.2) is 47.4 Å². The van der Waals surface area contributed by atoms with E-state index in [4.69, 9.17) is 0 Å². The van der Waals surface area contributed by atoms with Gasteiger partial charge in [0, 0.05) is 5.69 Å². The van der Waals surface area contributed by atoms with Gasteiger partial charge in [0.15, 0.2) is 9.84 Å². The Morgan fingerprint density at radius 3 is 2.17 bits per heavy atom. The summed E-state index contributed by atoms with van der Waals surface area (Å²) >= 11 is 0. The largest absolute Gasteiger partial charge is 0.419 e. The molecule has 2 aromatic carbocycles. The molecule has 0 saturated carbocycles. The van der Waals surface area contributed by atoms with Crippen LogP contribution in [0, 0.1) is 17.0 Å². The molecule has 2 rings (SSSR count). The van der Waals surface area contributed by atoms with Gasteiger partial charge in [-0.05, 0) is 49.4 Å². The lowest BCUT2D eigenvalue weighted by atomic mass is 9.93. The highest BCUT2D eigenvalue weighted by molar-refractivity contribution is 7.91. The van der Waals surface area contributed by atoms with Gasteiger partial charge in [-0.25, -0.2) is 17.2 Å². The van der Waals surface area contributed by atoms with Crippen LogP contribution in [0.4, 0.5) is 27.6 Å². The molecule has 0 aliphatic carbocycles. The molecule has 2 N–H and O–H groups in total. The van der Waals surface area contributed by atoms with Gasteiger partial charge in [-0.2, -0.15) is 13.2 Å². The van der Waals surface area contributed by atoms with Crippen LogP contribution in [0.2, 0.25) is 0 Å². The number of amides is 1. The van der Waals surface area contributed by atoms with Gasteiger partial charge in [0.1, 0.15) is 11.6 Å². The average Bonchev–Trinajstić information content (AvgIpc) is 2.62. The fraction of sp³-hybridized carbons (Fsp3) is 0.278. The molecule has 0 radical (unpaired) electrons. The van der Waals surface area contributed by atoms with Crippen LogP contribution in [0.1, 0.15) is 12.5 Å². The molecule has 2 aromatic rings. The van der Waals surface area contributed by atoms with E-state index in [2.05, 4.69) is 5.32 Å². The summed E-state index contributed by atoms with van der Waals surface area (Å²) in [7, 11) is -4.15. The van der Waals surface area contributed by atoms with Gasteiger partial charge < -0.3 is 10.4 Å². The Balaban J connectivity index is 2.28. The number of aliphatic hydroxyl groups is 1. The first-order valence-corrected chi connectivity index (χ1v) is 9.71. The molecule has 0 aliphatic rings. The fourth-order valence-corrected chi connectivity index (χ4v) is 4.21. The van der Waals surface area contributed by atoms with Gasteiger partial charge in [-0.1, -0.05) is 0 Å². The molecule has 0 bridgehead atoms. The first kappa shape index (κ1) is 22.8. The van der Waals surface area contributed by atoms with Gasteiger partial charge in [0.05, 0.1) is 28.2 Å². The van der Waals surface area contributed by atoms with Crippen molar-refractivity contribution in [1.29, 1.82) is 0 Å². The maximum absolute atomic E-state index is 13.4. The molecular weight excluding hydrogens is 421 g/mol. The number of rotatable bonds is 6. The van der Waals surface area contributed by atoms with Crippen molar-refractivity contribution in [2.24, 2.45) is 5.41 Å². The predicted octanol–water partition coefficient (Wildman–Crippen LogP) is 3.39. The Morgan fingerprint density at radius 1 is 1.07 bits per heavy atom. The van der Waals surface area contributed by atoms with Gasteiger partial charge >= 0.3 is 6.18 Å². The average molecular weight is 437 g/mol. The van der Waals surface area contributed by atoms with Crippen molar-refractivity contribution < 1.29 is 40.3 Å². The first-order valence-electron chi connectivity index (χ1n) is 8.06. The van der Waals surface area contributed by atoms with Crippen LogP contribution < -0.4 is 5.32 Å². The Kier molecular flexibility index (Phi) is 6.33. The molecule has 1 atom stereocenters. The molecule has 11 heteroatoms. The zero-order chi connectivity index (χ0) is 22.0. The Bertz CT molecular complexity index is 1010. The molecule has 1 amide bonds. The lowest BCUT2D eigenvalue weighted by Gasteiger charge is -2.26. The van der Waals surface area contributed by atoms with Crippen molar-refractivity contribution >= 4 is 21.4 Å². The first-order chi connectivity index (χ1) is 13.3. The van der Waals surface area contributed by atoms with Crippen LogP contribution in [-0.4, -0.2) is 31.8 Å². The van der Waals surface area contributed by atoms with E-state index in [1.165, 1.54) is 0 Å². The van der Waals surface area contributed by atoms with E-state index < -0.39 is 62.6 Å². The predicted molar refractivity (Wildman–Crippen MR) is 93.7 cm³/mol. The standard InChI is InChI=1S/C18H16F5NO4S/c1-17(9-25,10-29(27,28)13-5-2-11(19)3-6-13)16(26)24-12-4-7-15(20)14(8-12)18(21,22)23/h2-8,25H,9-10H2,1H3,(H,24,26)/t17-/m0/s1. The molecule has 0 heterocycles. The molecule has 5 nitrogen and oxygen atoms in total. The minimum Gasteiger partial charge on any atom is -0.395 e. The number of anilines is 1. The number of aliphatic hydroxyl groups excluding tert-OH is 1. The highest BCUT2D eigenvalue weighted by Crippen LogP contribution is 2.33. The third kappa shape index (κ3) is 5.30. The van der Waals surface area contributed by atoms with Crippen LogP contribution in [-0.2, 0) is 20.8 Å². The number of alkyl halides is 3. The van der Waals surface area contributed by atoms with Crippen LogP contribution in [0.3, 0.4) is 0 Å². The molecule has 0 unspecified atom stereocenters. The third-order valence-electron chi connectivity index (χ3n) is 4.11. The van der Waals surface area contributed by atoms with Crippen molar-refractivity contribution in [3.05, 3.63) is 59.7 Å². The Hall–Kier alpha value is -2.53. The van der Waals surface area contributed by atoms with E-state index in [9.17, 15) is 40.3 Å². The minimum absolute atomic E-state index is 0.299. The second-order valence-electron chi connectivity index (χ2n) is 6.58. The van der Waals surface area contributed by atoms with Gasteiger partial charge in [0.25, 0.3) is 0 Å². The highest BCUT2D eigenvalue weighted by Gasteiger charge is 2.39. The summed E-state index contributed by atoms with van der Waals surface area (Å²) in [5.41, 5.74) is -3.98. The van der Waals surface area contributed by atoms with Crippen LogP contribution >= 0.6 is 0 Å². The summed E-state index contributed by atoms with van der Waals surface area (Å²) in [6, 6.07) is 5.50. The second kappa shape index (κ2) is 8.07. The van der Waals surface area contributed by atoms with Crippen LogP contribution in [0.5, 0.6) is 0 Å². The number of carbonyl (C=O) groups excluding carboxylic acids is 1. The van der Waals surface area contributed by atoms with Gasteiger partial charge in [-0.3, -0.25) is 4.79 Å². The summed E-state index contributed by atoms with van der Waals surface area (Å²) in [5.74, 6) is -4.21. The van der Waals surface area contributed by atoms with Crippen LogP contribution in [0.25, 0.3) is 0 Å². The van der Waals surface area contributed by atoms with Crippen molar-refractivity contribution in [2.45, 2.75) is 18.0 Å². The summed E-state index contributed by atoms with van der Waals surface area (Å²) in [6.07, 6.45) is -5.00. The van der Waals surface area contributed by atoms with Crippen molar-refractivity contribution in [2.75, 3.05) is 17.7 Å². The molecule has 0 spiro atoms. The van der Waals surface area contributed by atoms with Gasteiger partial charge in [-0.15, -0.1) is 0 Å². The summed E-state index contributed by atoms with van der Waals surface area (Å²) < 4.78 is 89.8. The lowest BCUT2D eigenvalue weighted by molar-refractivity contribution is -0.140. The quantitative estimate of drug-likeness (QED) is 0.536. The molecule has 29 heavy (non-hydrogen) atoms. The number of carbonyl (C=O) groups is 1. The Labute approximate surface area is 163 Å². The normalized spacial score (nSPS) is 14.3. The number of sulfone groups is 1. The highest BCUT2D eigenvalue weighted by atomic mass is 32.2. The van der Waals surface area contributed by atoms with Gasteiger partial charge in [0.2, 0.25) is 5.91 Å². The second-order valence-corrected chi connectivity index (χ2v) is 8.57. The maximum atomic E-state index is 13.4. The zero-order valence-corrected chi connectivity index (χ0v) is 15.7. The summed E-state index contributed by atoms with van der Waals surface area (Å²) in [6.45, 7) is 0.143. The molecule has 0 aromatic heterocycles. The number of hydrogen-bond donors (Lipinski definition) is 2. The number of benzene rings is 2. The van der Waals surface area contributed by atoms with E-state index in [0.29, 0.717) is 12.1 Å². The Morgan fingerprint density at radius 2 is 1.66 bits per heavy atom. The van der Waals surface area contributed by atoms with Crippen molar-refractivity contribution in [1.82, 2.24) is 0 Å². The number of hydrogen-bond acceptors (Lipinski definition) is 4.